The van der Waals surface area contributed by atoms with E-state index in [1.807, 2.05) is 51.1 Å². The van der Waals surface area contributed by atoms with Gasteiger partial charge in [-0.2, -0.15) is 5.26 Å². The lowest BCUT2D eigenvalue weighted by Gasteiger charge is -2.39. The molecule has 0 unspecified atom stereocenters. The highest BCUT2D eigenvalue weighted by atomic mass is 16.6. The SMILES string of the molecule is CC(C)(C=C(C#N)C(=O)N1CCC[C@]1(C)COC(=O)N[C@@H](Cc1ccccc1)B(O)O)N1CCOCC1. The molecule has 2 atom stereocenters. The van der Waals surface area contributed by atoms with Crippen molar-refractivity contribution in [2.75, 3.05) is 39.5 Å². The Morgan fingerprint density at radius 3 is 2.57 bits per heavy atom. The molecule has 0 saturated carbocycles. The number of alkyl carbamates (subject to hydrolysis) is 1. The molecule has 3 rings (SSSR count). The predicted octanol–water partition coefficient (Wildman–Crippen LogP) is 1.28. The molecule has 37 heavy (non-hydrogen) atoms. The fourth-order valence-corrected chi connectivity index (χ4v) is 4.90. The third-order valence-corrected chi connectivity index (χ3v) is 7.14. The van der Waals surface area contributed by atoms with E-state index in [0.717, 1.165) is 5.56 Å². The number of nitrogens with one attached hydrogen (secondary N) is 1. The minimum Gasteiger partial charge on any atom is -0.447 e. The first-order valence-corrected chi connectivity index (χ1v) is 12.7. The van der Waals surface area contributed by atoms with Crippen LogP contribution in [0.2, 0.25) is 0 Å². The van der Waals surface area contributed by atoms with Crippen molar-refractivity contribution in [1.82, 2.24) is 15.1 Å². The van der Waals surface area contributed by atoms with E-state index in [1.54, 1.807) is 11.0 Å². The van der Waals surface area contributed by atoms with Crippen LogP contribution in [0.1, 0.15) is 39.2 Å². The number of likely N-dealkylation sites (tertiary alicyclic amines) is 1. The molecule has 2 amide bonds. The number of ether oxygens (including phenoxy) is 2. The molecule has 0 aliphatic carbocycles. The molecule has 1 aromatic rings. The van der Waals surface area contributed by atoms with Crippen molar-refractivity contribution < 1.29 is 29.1 Å². The van der Waals surface area contributed by atoms with Crippen molar-refractivity contribution in [3.63, 3.8) is 0 Å². The second-order valence-corrected chi connectivity index (χ2v) is 10.4. The number of hydrogen-bond acceptors (Lipinski definition) is 8. The molecular weight excluding hydrogens is 475 g/mol. The van der Waals surface area contributed by atoms with Gasteiger partial charge in [0.15, 0.2) is 0 Å². The van der Waals surface area contributed by atoms with Crippen LogP contribution in [0.3, 0.4) is 0 Å². The molecular formula is C26H37BN4O6. The first kappa shape index (κ1) is 28.7. The van der Waals surface area contributed by atoms with Crippen LogP contribution in [0.15, 0.2) is 42.0 Å². The van der Waals surface area contributed by atoms with Gasteiger partial charge in [0.25, 0.3) is 5.91 Å². The van der Waals surface area contributed by atoms with Crippen LogP contribution in [0, 0.1) is 11.3 Å². The monoisotopic (exact) mass is 512 g/mol. The molecule has 0 bridgehead atoms. The zero-order valence-corrected chi connectivity index (χ0v) is 21.9. The highest BCUT2D eigenvalue weighted by molar-refractivity contribution is 6.43. The van der Waals surface area contributed by atoms with Gasteiger partial charge in [0, 0.05) is 25.2 Å². The van der Waals surface area contributed by atoms with E-state index in [9.17, 15) is 24.9 Å². The summed E-state index contributed by atoms with van der Waals surface area (Å²) in [5, 5.41) is 31.8. The van der Waals surface area contributed by atoms with E-state index in [4.69, 9.17) is 9.47 Å². The second-order valence-electron chi connectivity index (χ2n) is 10.4. The van der Waals surface area contributed by atoms with Gasteiger partial charge >= 0.3 is 13.2 Å². The summed E-state index contributed by atoms with van der Waals surface area (Å²) < 4.78 is 10.9. The Labute approximate surface area is 219 Å². The van der Waals surface area contributed by atoms with E-state index >= 15 is 0 Å². The van der Waals surface area contributed by atoms with E-state index in [-0.39, 0.29) is 24.5 Å². The van der Waals surface area contributed by atoms with Gasteiger partial charge in [-0.1, -0.05) is 30.3 Å². The smallest absolute Gasteiger partial charge is 0.447 e. The number of morpholine rings is 1. The van der Waals surface area contributed by atoms with Gasteiger partial charge in [-0.15, -0.1) is 0 Å². The average Bonchev–Trinajstić information content (AvgIpc) is 3.28. The van der Waals surface area contributed by atoms with Crippen LogP contribution in [-0.4, -0.2) is 95.4 Å². The fourth-order valence-electron chi connectivity index (χ4n) is 4.90. The van der Waals surface area contributed by atoms with Crippen LogP contribution in [0.4, 0.5) is 4.79 Å². The van der Waals surface area contributed by atoms with Gasteiger partial charge in [-0.05, 0) is 51.7 Å². The quantitative estimate of drug-likeness (QED) is 0.256. The van der Waals surface area contributed by atoms with Gasteiger partial charge in [-0.25, -0.2) is 4.79 Å². The van der Waals surface area contributed by atoms with Crippen molar-refractivity contribution in [3.05, 3.63) is 47.5 Å². The van der Waals surface area contributed by atoms with Crippen LogP contribution in [0.5, 0.6) is 0 Å². The van der Waals surface area contributed by atoms with Crippen molar-refractivity contribution in [3.8, 4) is 6.07 Å². The molecule has 3 N–H and O–H groups in total. The molecule has 2 aliphatic heterocycles. The summed E-state index contributed by atoms with van der Waals surface area (Å²) in [7, 11) is -1.77. The lowest BCUT2D eigenvalue weighted by Crippen LogP contribution is -2.52. The second kappa shape index (κ2) is 12.6. The number of benzene rings is 1. The summed E-state index contributed by atoms with van der Waals surface area (Å²) in [6.45, 7) is 8.78. The summed E-state index contributed by atoms with van der Waals surface area (Å²) in [6, 6.07) is 11.2. The van der Waals surface area contributed by atoms with Gasteiger partial charge in [0.05, 0.1) is 24.7 Å². The maximum atomic E-state index is 13.4. The molecule has 2 heterocycles. The van der Waals surface area contributed by atoms with Crippen LogP contribution in [-0.2, 0) is 20.7 Å². The van der Waals surface area contributed by atoms with Crippen LogP contribution < -0.4 is 5.32 Å². The number of nitrogens with zero attached hydrogens (tertiary/aromatic N) is 3. The number of amides is 2. The van der Waals surface area contributed by atoms with E-state index in [2.05, 4.69) is 16.3 Å². The highest BCUT2D eigenvalue weighted by Gasteiger charge is 2.42. The van der Waals surface area contributed by atoms with Crippen molar-refractivity contribution in [1.29, 1.82) is 5.26 Å². The minimum atomic E-state index is -1.77. The van der Waals surface area contributed by atoms with Crippen molar-refractivity contribution in [2.45, 2.75) is 57.1 Å². The Morgan fingerprint density at radius 1 is 1.27 bits per heavy atom. The molecule has 2 saturated heterocycles. The summed E-state index contributed by atoms with van der Waals surface area (Å²) >= 11 is 0. The zero-order chi connectivity index (χ0) is 27.1. The first-order valence-electron chi connectivity index (χ1n) is 12.7. The maximum absolute atomic E-state index is 13.4. The largest absolute Gasteiger partial charge is 0.475 e. The lowest BCUT2D eigenvalue weighted by molar-refractivity contribution is -0.131. The Bertz CT molecular complexity index is 1010. The number of rotatable bonds is 9. The third kappa shape index (κ3) is 7.55. The topological polar surface area (TPSA) is 135 Å². The van der Waals surface area contributed by atoms with Crippen LogP contribution >= 0.6 is 0 Å². The molecule has 2 fully saturated rings. The lowest BCUT2D eigenvalue weighted by atomic mass is 9.76. The molecule has 10 nitrogen and oxygen atoms in total. The van der Waals surface area contributed by atoms with Crippen molar-refractivity contribution in [2.24, 2.45) is 0 Å². The fraction of sp³-hybridized carbons (Fsp3) is 0.577. The number of carbonyl (C=O) groups is 2. The van der Waals surface area contributed by atoms with Gasteiger partial charge < -0.3 is 29.7 Å². The number of carbonyl (C=O) groups excluding carboxylic acids is 2. The Kier molecular flexibility index (Phi) is 9.73. The summed E-state index contributed by atoms with van der Waals surface area (Å²) in [4.78, 5) is 29.8. The van der Waals surface area contributed by atoms with E-state index in [0.29, 0.717) is 45.7 Å². The number of hydrogen-bond donors (Lipinski definition) is 3. The number of nitriles is 1. The third-order valence-electron chi connectivity index (χ3n) is 7.14. The Balaban J connectivity index is 1.64. The van der Waals surface area contributed by atoms with Gasteiger partial charge in [0.1, 0.15) is 18.2 Å². The highest BCUT2D eigenvalue weighted by Crippen LogP contribution is 2.31. The average molecular weight is 512 g/mol. The summed E-state index contributed by atoms with van der Waals surface area (Å²) in [6.07, 6.45) is 2.44. The minimum absolute atomic E-state index is 0.0559. The van der Waals surface area contributed by atoms with Crippen molar-refractivity contribution >= 4 is 19.1 Å². The molecule has 0 aromatic heterocycles. The standard InChI is InChI=1S/C26H37BN4O6/c1-25(2,30-12-14-36-15-13-30)17-21(18-28)23(32)31-11-7-10-26(31,3)19-37-24(33)29-22(27(34)35)16-20-8-5-4-6-9-20/h4-6,8-9,17,22,34-35H,7,10-16,19H2,1-3H3,(H,29,33)/t22-,26+/m0/s1. The van der Waals surface area contributed by atoms with Gasteiger partial charge in [-0.3, -0.25) is 9.69 Å². The summed E-state index contributed by atoms with van der Waals surface area (Å²) in [5.41, 5.74) is -0.410. The maximum Gasteiger partial charge on any atom is 0.475 e. The predicted molar refractivity (Wildman–Crippen MR) is 138 cm³/mol. The molecule has 0 spiro atoms. The molecule has 200 valence electrons. The Hall–Kier alpha value is -2.91. The molecule has 11 heteroatoms. The van der Waals surface area contributed by atoms with Crippen LogP contribution in [0.25, 0.3) is 0 Å². The van der Waals surface area contributed by atoms with Gasteiger partial charge in [0.2, 0.25) is 0 Å². The molecule has 2 aliphatic rings. The molecule has 0 radical (unpaired) electrons. The molecule has 1 aromatic carbocycles. The van der Waals surface area contributed by atoms with E-state index < -0.39 is 30.2 Å². The Morgan fingerprint density at radius 2 is 1.95 bits per heavy atom. The first-order chi connectivity index (χ1) is 17.6. The summed E-state index contributed by atoms with van der Waals surface area (Å²) in [5.74, 6) is -1.35. The normalized spacial score (nSPS) is 21.7. The zero-order valence-electron chi connectivity index (χ0n) is 21.9. The van der Waals surface area contributed by atoms with E-state index in [1.165, 1.54) is 0 Å².